The van der Waals surface area contributed by atoms with Gasteiger partial charge in [-0.1, -0.05) is 18.2 Å². The fourth-order valence-electron chi connectivity index (χ4n) is 3.67. The summed E-state index contributed by atoms with van der Waals surface area (Å²) in [6, 6.07) is 12.3. The van der Waals surface area contributed by atoms with Gasteiger partial charge >= 0.3 is 0 Å². The largest absolute Gasteiger partial charge is 0.497 e. The molecule has 1 atom stereocenters. The van der Waals surface area contributed by atoms with Gasteiger partial charge in [-0.15, -0.1) is 0 Å². The van der Waals surface area contributed by atoms with Gasteiger partial charge in [0, 0.05) is 24.8 Å². The predicted octanol–water partition coefficient (Wildman–Crippen LogP) is 1.91. The molecule has 1 aliphatic rings. The predicted molar refractivity (Wildman–Crippen MR) is 118 cm³/mol. The second kappa shape index (κ2) is 9.25. The van der Waals surface area contributed by atoms with Crippen LogP contribution in [0, 0.1) is 5.82 Å². The minimum atomic E-state index is -3.71. The highest BCUT2D eigenvalue weighted by atomic mass is 32.2. The van der Waals surface area contributed by atoms with Crippen molar-refractivity contribution in [1.29, 1.82) is 0 Å². The molecule has 0 unspecified atom stereocenters. The third-order valence-electron chi connectivity index (χ3n) is 5.46. The number of nitrogens with one attached hydrogen (secondary N) is 1. The van der Waals surface area contributed by atoms with Gasteiger partial charge in [-0.2, -0.15) is 4.31 Å². The number of anilines is 1. The van der Waals surface area contributed by atoms with Crippen molar-refractivity contribution in [1.82, 2.24) is 9.62 Å². The molecule has 1 N–H and O–H groups in total. The molecule has 1 heterocycles. The van der Waals surface area contributed by atoms with E-state index in [-0.39, 0.29) is 25.4 Å². The Morgan fingerprint density at radius 1 is 1.22 bits per heavy atom. The van der Waals surface area contributed by atoms with Gasteiger partial charge in [0.25, 0.3) is 0 Å². The lowest BCUT2D eigenvalue weighted by Crippen LogP contribution is -2.70. The summed E-state index contributed by atoms with van der Waals surface area (Å²) in [6.07, 6.45) is 0. The van der Waals surface area contributed by atoms with Gasteiger partial charge in [0.15, 0.2) is 0 Å². The molecular weight excluding hydrogens is 437 g/mol. The molecule has 2 aromatic carbocycles. The summed E-state index contributed by atoms with van der Waals surface area (Å²) >= 11 is 0. The Kier molecular flexibility index (Phi) is 6.85. The Balaban J connectivity index is 1.97. The zero-order chi connectivity index (χ0) is 23.5. The zero-order valence-electron chi connectivity index (χ0n) is 18.2. The van der Waals surface area contributed by atoms with Gasteiger partial charge < -0.3 is 10.1 Å². The van der Waals surface area contributed by atoms with Crippen LogP contribution in [0.25, 0.3) is 0 Å². The molecule has 1 fully saturated rings. The topological polar surface area (TPSA) is 96.0 Å². The minimum Gasteiger partial charge on any atom is -0.497 e. The lowest BCUT2D eigenvalue weighted by atomic mass is 9.94. The molecule has 0 radical (unpaired) electrons. The molecule has 3 rings (SSSR count). The summed E-state index contributed by atoms with van der Waals surface area (Å²) in [5.74, 6) is -1.15. The SMILES string of the molecule is CCS(=O)(=O)N1CC(=O)N(c2cccc(OC)c2)[C@](C)(C(=O)NCc2ccc(F)cc2)C1. The summed E-state index contributed by atoms with van der Waals surface area (Å²) < 4.78 is 44.5. The monoisotopic (exact) mass is 463 g/mol. The quantitative estimate of drug-likeness (QED) is 0.677. The smallest absolute Gasteiger partial charge is 0.247 e. The highest BCUT2D eigenvalue weighted by molar-refractivity contribution is 7.89. The second-order valence-electron chi connectivity index (χ2n) is 7.68. The number of piperazine rings is 1. The molecule has 2 aromatic rings. The van der Waals surface area contributed by atoms with Crippen LogP contribution < -0.4 is 15.0 Å². The van der Waals surface area contributed by atoms with Crippen LogP contribution in [0.5, 0.6) is 5.75 Å². The molecule has 10 heteroatoms. The number of hydrogen-bond donors (Lipinski definition) is 1. The van der Waals surface area contributed by atoms with Crippen molar-refractivity contribution in [2.75, 3.05) is 30.9 Å². The maximum atomic E-state index is 13.4. The standard InChI is InChI=1S/C22H26FN3O5S/c1-4-32(29,30)25-14-20(27)26(18-6-5-7-19(12-18)31-3)22(2,15-25)21(28)24-13-16-8-10-17(23)11-9-16/h5-12H,4,13-15H2,1-3H3,(H,24,28)/t22-/m0/s1. The third-order valence-corrected chi connectivity index (χ3v) is 7.24. The maximum Gasteiger partial charge on any atom is 0.247 e. The Hall–Kier alpha value is -2.98. The number of nitrogens with zero attached hydrogens (tertiary/aromatic N) is 2. The van der Waals surface area contributed by atoms with Crippen LogP contribution in [-0.2, 0) is 26.2 Å². The second-order valence-corrected chi connectivity index (χ2v) is 9.94. The Morgan fingerprint density at radius 2 is 1.91 bits per heavy atom. The van der Waals surface area contributed by atoms with E-state index < -0.39 is 33.2 Å². The first-order valence-electron chi connectivity index (χ1n) is 10.1. The molecule has 0 aliphatic carbocycles. The van der Waals surface area contributed by atoms with Crippen molar-refractivity contribution in [3.63, 3.8) is 0 Å². The number of amides is 2. The molecule has 0 bridgehead atoms. The number of methoxy groups -OCH3 is 1. The minimum absolute atomic E-state index is 0.0926. The van der Waals surface area contributed by atoms with Gasteiger partial charge in [-0.25, -0.2) is 12.8 Å². The average molecular weight is 464 g/mol. The number of halogens is 1. The van der Waals surface area contributed by atoms with E-state index in [0.29, 0.717) is 17.0 Å². The first kappa shape index (κ1) is 23.7. The number of sulfonamides is 1. The molecule has 1 aliphatic heterocycles. The molecule has 0 saturated carbocycles. The van der Waals surface area contributed by atoms with E-state index in [4.69, 9.17) is 4.74 Å². The lowest BCUT2D eigenvalue weighted by Gasteiger charge is -2.46. The van der Waals surface area contributed by atoms with Crippen LogP contribution in [0.1, 0.15) is 19.4 Å². The van der Waals surface area contributed by atoms with Crippen LogP contribution in [-0.4, -0.2) is 56.0 Å². The van der Waals surface area contributed by atoms with E-state index in [1.807, 2.05) is 0 Å². The van der Waals surface area contributed by atoms with Crippen LogP contribution in [0.3, 0.4) is 0 Å². The first-order valence-corrected chi connectivity index (χ1v) is 11.7. The van der Waals surface area contributed by atoms with Crippen molar-refractivity contribution in [2.24, 2.45) is 0 Å². The Labute approximate surface area is 187 Å². The third kappa shape index (κ3) is 4.76. The fraction of sp³-hybridized carbons (Fsp3) is 0.364. The van der Waals surface area contributed by atoms with Crippen molar-refractivity contribution in [3.8, 4) is 5.75 Å². The molecule has 0 aromatic heterocycles. The van der Waals surface area contributed by atoms with Crippen molar-refractivity contribution in [3.05, 3.63) is 59.9 Å². The first-order chi connectivity index (χ1) is 15.1. The average Bonchev–Trinajstić information content (AvgIpc) is 2.78. The van der Waals surface area contributed by atoms with Crippen LogP contribution in [0.2, 0.25) is 0 Å². The molecule has 172 valence electrons. The van der Waals surface area contributed by atoms with E-state index in [9.17, 15) is 22.4 Å². The highest BCUT2D eigenvalue weighted by Crippen LogP contribution is 2.32. The van der Waals surface area contributed by atoms with E-state index in [1.165, 1.54) is 50.1 Å². The zero-order valence-corrected chi connectivity index (χ0v) is 19.0. The van der Waals surface area contributed by atoms with Crippen LogP contribution in [0.4, 0.5) is 10.1 Å². The molecule has 1 saturated heterocycles. The van der Waals surface area contributed by atoms with Crippen molar-refractivity contribution in [2.45, 2.75) is 25.9 Å². The fourth-order valence-corrected chi connectivity index (χ4v) is 4.79. The van der Waals surface area contributed by atoms with Crippen LogP contribution in [0.15, 0.2) is 48.5 Å². The molecule has 0 spiro atoms. The van der Waals surface area contributed by atoms with E-state index >= 15 is 0 Å². The summed E-state index contributed by atoms with van der Waals surface area (Å²) in [5.41, 5.74) is -0.442. The van der Waals surface area contributed by atoms with E-state index in [0.717, 1.165) is 4.31 Å². The summed E-state index contributed by atoms with van der Waals surface area (Å²) in [7, 11) is -2.22. The normalized spacial score (nSPS) is 19.6. The molecule has 8 nitrogen and oxygen atoms in total. The molecular formula is C22H26FN3O5S. The van der Waals surface area contributed by atoms with Crippen LogP contribution >= 0.6 is 0 Å². The summed E-state index contributed by atoms with van der Waals surface area (Å²) in [5, 5.41) is 2.76. The Bertz CT molecular complexity index is 1110. The van der Waals surface area contributed by atoms with Gasteiger partial charge in [-0.05, 0) is 43.7 Å². The van der Waals surface area contributed by atoms with E-state index in [1.54, 1.807) is 24.3 Å². The Morgan fingerprint density at radius 3 is 2.53 bits per heavy atom. The maximum absolute atomic E-state index is 13.4. The summed E-state index contributed by atoms with van der Waals surface area (Å²) in [4.78, 5) is 27.8. The van der Waals surface area contributed by atoms with Crippen molar-refractivity contribution >= 4 is 27.5 Å². The van der Waals surface area contributed by atoms with Crippen molar-refractivity contribution < 1.29 is 27.1 Å². The highest BCUT2D eigenvalue weighted by Gasteiger charge is 2.50. The number of carbonyl (C=O) groups excluding carboxylic acids is 2. The summed E-state index contributed by atoms with van der Waals surface area (Å²) in [6.45, 7) is 2.53. The number of carbonyl (C=O) groups is 2. The number of ether oxygens (including phenoxy) is 1. The van der Waals surface area contributed by atoms with E-state index in [2.05, 4.69) is 5.32 Å². The molecule has 32 heavy (non-hydrogen) atoms. The van der Waals surface area contributed by atoms with Gasteiger partial charge in [0.2, 0.25) is 21.8 Å². The van der Waals surface area contributed by atoms with Gasteiger partial charge in [0.1, 0.15) is 17.1 Å². The van der Waals surface area contributed by atoms with Gasteiger partial charge in [0.05, 0.1) is 19.4 Å². The number of benzene rings is 2. The number of hydrogen-bond acceptors (Lipinski definition) is 5. The lowest BCUT2D eigenvalue weighted by molar-refractivity contribution is -0.133. The van der Waals surface area contributed by atoms with Gasteiger partial charge in [-0.3, -0.25) is 14.5 Å². The molecule has 2 amide bonds. The number of rotatable bonds is 7.